The van der Waals surface area contributed by atoms with Crippen LogP contribution in [0.25, 0.3) is 0 Å². The molecule has 0 radical (unpaired) electrons. The standard InChI is InChI=1S/C19H23BrN2O2.ClH/c1-14-8-10-22(11-9-14)17(18-3-2-12-24-18)13-21-19(23)15-4-6-16(20)7-5-15;/h2-7,12,14,17H,8-11,13H2,1H3,(H,21,23);1H. The van der Waals surface area contributed by atoms with Crippen LogP contribution < -0.4 is 5.32 Å². The summed E-state index contributed by atoms with van der Waals surface area (Å²) in [6.45, 7) is 4.94. The minimum atomic E-state index is -0.0515. The minimum absolute atomic E-state index is 0. The molecule has 1 saturated heterocycles. The van der Waals surface area contributed by atoms with Crippen LogP contribution in [0.4, 0.5) is 0 Å². The highest BCUT2D eigenvalue weighted by atomic mass is 79.9. The van der Waals surface area contributed by atoms with Crippen LogP contribution in [0.15, 0.2) is 51.6 Å². The third-order valence-corrected chi connectivity index (χ3v) is 5.22. The van der Waals surface area contributed by atoms with Gasteiger partial charge in [0.25, 0.3) is 5.91 Å². The molecule has 1 atom stereocenters. The van der Waals surface area contributed by atoms with Gasteiger partial charge in [0.15, 0.2) is 0 Å². The van der Waals surface area contributed by atoms with Crippen molar-refractivity contribution < 1.29 is 9.21 Å². The molecule has 1 amide bonds. The number of amides is 1. The van der Waals surface area contributed by atoms with E-state index in [4.69, 9.17) is 4.42 Å². The van der Waals surface area contributed by atoms with Crippen molar-refractivity contribution in [2.75, 3.05) is 19.6 Å². The van der Waals surface area contributed by atoms with Crippen molar-refractivity contribution in [2.24, 2.45) is 5.92 Å². The molecule has 1 aromatic carbocycles. The lowest BCUT2D eigenvalue weighted by atomic mass is 9.97. The zero-order valence-corrected chi connectivity index (χ0v) is 16.7. The van der Waals surface area contributed by atoms with E-state index in [2.05, 4.69) is 33.1 Å². The molecule has 25 heavy (non-hydrogen) atoms. The highest BCUT2D eigenvalue weighted by molar-refractivity contribution is 9.10. The fourth-order valence-corrected chi connectivity index (χ4v) is 3.39. The fraction of sp³-hybridized carbons (Fsp3) is 0.421. The summed E-state index contributed by atoms with van der Waals surface area (Å²) in [5, 5.41) is 3.06. The fourth-order valence-electron chi connectivity index (χ4n) is 3.12. The average molecular weight is 428 g/mol. The second-order valence-corrected chi connectivity index (χ2v) is 7.38. The van der Waals surface area contributed by atoms with Crippen molar-refractivity contribution in [3.05, 3.63) is 58.5 Å². The Morgan fingerprint density at radius 3 is 2.56 bits per heavy atom. The Balaban J connectivity index is 0.00000225. The number of hydrogen-bond acceptors (Lipinski definition) is 3. The summed E-state index contributed by atoms with van der Waals surface area (Å²) in [6, 6.07) is 11.4. The van der Waals surface area contributed by atoms with E-state index in [0.29, 0.717) is 12.1 Å². The van der Waals surface area contributed by atoms with Gasteiger partial charge < -0.3 is 9.73 Å². The molecule has 3 rings (SSSR count). The first-order valence-corrected chi connectivity index (χ1v) is 9.24. The highest BCUT2D eigenvalue weighted by Gasteiger charge is 2.26. The topological polar surface area (TPSA) is 45.5 Å². The quantitative estimate of drug-likeness (QED) is 0.754. The molecule has 136 valence electrons. The van der Waals surface area contributed by atoms with Gasteiger partial charge in [0.2, 0.25) is 0 Å². The molecule has 0 saturated carbocycles. The molecule has 1 N–H and O–H groups in total. The summed E-state index contributed by atoms with van der Waals surface area (Å²) in [5.41, 5.74) is 0.670. The first kappa shape index (κ1) is 20.0. The summed E-state index contributed by atoms with van der Waals surface area (Å²) in [6.07, 6.45) is 4.08. The van der Waals surface area contributed by atoms with Gasteiger partial charge in [0, 0.05) is 16.6 Å². The monoisotopic (exact) mass is 426 g/mol. The molecule has 1 fully saturated rings. The second-order valence-electron chi connectivity index (χ2n) is 6.47. The van der Waals surface area contributed by atoms with E-state index < -0.39 is 0 Å². The molecule has 0 bridgehead atoms. The average Bonchev–Trinajstić information content (AvgIpc) is 3.11. The van der Waals surface area contributed by atoms with Crippen molar-refractivity contribution >= 4 is 34.2 Å². The summed E-state index contributed by atoms with van der Waals surface area (Å²) in [7, 11) is 0. The third kappa shape index (κ3) is 5.33. The molecular formula is C19H24BrClN2O2. The summed E-state index contributed by atoms with van der Waals surface area (Å²) >= 11 is 3.39. The molecule has 1 unspecified atom stereocenters. The third-order valence-electron chi connectivity index (χ3n) is 4.69. The Labute approximate surface area is 163 Å². The van der Waals surface area contributed by atoms with Gasteiger partial charge in [-0.15, -0.1) is 12.4 Å². The molecule has 1 aliphatic rings. The van der Waals surface area contributed by atoms with Gasteiger partial charge in [-0.05, 0) is 68.2 Å². The number of nitrogens with one attached hydrogen (secondary N) is 1. The van der Waals surface area contributed by atoms with E-state index in [1.165, 1.54) is 12.8 Å². The predicted octanol–water partition coefficient (Wildman–Crippen LogP) is 4.67. The molecule has 2 aromatic rings. The largest absolute Gasteiger partial charge is 0.468 e. The van der Waals surface area contributed by atoms with Gasteiger partial charge in [-0.1, -0.05) is 22.9 Å². The lowest BCUT2D eigenvalue weighted by Gasteiger charge is -2.35. The number of likely N-dealkylation sites (tertiary alicyclic amines) is 1. The van der Waals surface area contributed by atoms with Gasteiger partial charge in [-0.2, -0.15) is 0 Å². The number of piperidine rings is 1. The Hall–Kier alpha value is -1.30. The Morgan fingerprint density at radius 2 is 1.96 bits per heavy atom. The molecule has 1 aromatic heterocycles. The minimum Gasteiger partial charge on any atom is -0.468 e. The smallest absolute Gasteiger partial charge is 0.251 e. The molecule has 0 spiro atoms. The van der Waals surface area contributed by atoms with Crippen LogP contribution in [0.5, 0.6) is 0 Å². The van der Waals surface area contributed by atoms with Crippen LogP contribution in [0.3, 0.4) is 0 Å². The molecule has 0 aliphatic carbocycles. The van der Waals surface area contributed by atoms with Gasteiger partial charge in [-0.3, -0.25) is 9.69 Å². The van der Waals surface area contributed by atoms with Crippen LogP contribution in [-0.2, 0) is 0 Å². The van der Waals surface area contributed by atoms with E-state index in [9.17, 15) is 4.79 Å². The number of furan rings is 1. The molecule has 6 heteroatoms. The van der Waals surface area contributed by atoms with Gasteiger partial charge >= 0.3 is 0 Å². The number of rotatable bonds is 5. The highest BCUT2D eigenvalue weighted by Crippen LogP contribution is 2.26. The molecule has 4 nitrogen and oxygen atoms in total. The number of hydrogen-bond donors (Lipinski definition) is 1. The lowest BCUT2D eigenvalue weighted by Crippen LogP contribution is -2.41. The predicted molar refractivity (Wildman–Crippen MR) is 105 cm³/mol. The van der Waals surface area contributed by atoms with Crippen LogP contribution in [0, 0.1) is 5.92 Å². The van der Waals surface area contributed by atoms with Crippen molar-refractivity contribution in [1.82, 2.24) is 10.2 Å². The second kappa shape index (κ2) is 9.41. The maximum atomic E-state index is 12.4. The van der Waals surface area contributed by atoms with E-state index in [-0.39, 0.29) is 24.4 Å². The summed E-state index contributed by atoms with van der Waals surface area (Å²) in [4.78, 5) is 14.8. The first-order valence-electron chi connectivity index (χ1n) is 8.44. The normalized spacial score (nSPS) is 16.9. The van der Waals surface area contributed by atoms with E-state index in [0.717, 1.165) is 29.2 Å². The van der Waals surface area contributed by atoms with Crippen LogP contribution in [-0.4, -0.2) is 30.4 Å². The number of halogens is 2. The van der Waals surface area contributed by atoms with Crippen molar-refractivity contribution in [1.29, 1.82) is 0 Å². The number of benzene rings is 1. The maximum absolute atomic E-state index is 12.4. The van der Waals surface area contributed by atoms with Crippen LogP contribution in [0.1, 0.15) is 41.9 Å². The van der Waals surface area contributed by atoms with Crippen molar-refractivity contribution in [2.45, 2.75) is 25.8 Å². The zero-order chi connectivity index (χ0) is 16.9. The van der Waals surface area contributed by atoms with Crippen molar-refractivity contribution in [3.8, 4) is 0 Å². The van der Waals surface area contributed by atoms with Crippen LogP contribution >= 0.6 is 28.3 Å². The SMILES string of the molecule is CC1CCN(C(CNC(=O)c2ccc(Br)cc2)c2ccco2)CC1.Cl. The first-order chi connectivity index (χ1) is 11.6. The summed E-state index contributed by atoms with van der Waals surface area (Å²) in [5.74, 6) is 1.64. The van der Waals surface area contributed by atoms with Gasteiger partial charge in [0.1, 0.15) is 5.76 Å². The Bertz CT molecular complexity index is 653. The number of carbonyl (C=O) groups excluding carboxylic acids is 1. The van der Waals surface area contributed by atoms with E-state index >= 15 is 0 Å². The van der Waals surface area contributed by atoms with Crippen LogP contribution in [0.2, 0.25) is 0 Å². The number of carbonyl (C=O) groups is 1. The van der Waals surface area contributed by atoms with Gasteiger partial charge in [0.05, 0.1) is 12.3 Å². The zero-order valence-electron chi connectivity index (χ0n) is 14.3. The number of nitrogens with zero attached hydrogens (tertiary/aromatic N) is 1. The van der Waals surface area contributed by atoms with Gasteiger partial charge in [-0.25, -0.2) is 0 Å². The summed E-state index contributed by atoms with van der Waals surface area (Å²) < 4.78 is 6.60. The maximum Gasteiger partial charge on any atom is 0.251 e. The van der Waals surface area contributed by atoms with E-state index in [1.54, 1.807) is 6.26 Å². The molecular weight excluding hydrogens is 404 g/mol. The lowest BCUT2D eigenvalue weighted by molar-refractivity contribution is 0.0895. The van der Waals surface area contributed by atoms with E-state index in [1.807, 2.05) is 36.4 Å². The Morgan fingerprint density at radius 1 is 1.28 bits per heavy atom. The van der Waals surface area contributed by atoms with Crippen molar-refractivity contribution in [3.63, 3.8) is 0 Å². The molecule has 1 aliphatic heterocycles. The molecule has 2 heterocycles. The Kier molecular flexibility index (Phi) is 7.54.